The fourth-order valence-electron chi connectivity index (χ4n) is 2.88. The van der Waals surface area contributed by atoms with E-state index in [1.54, 1.807) is 29.2 Å². The Balaban J connectivity index is 1.64. The largest absolute Gasteiger partial charge is 0.478 e. The van der Waals surface area contributed by atoms with Gasteiger partial charge in [-0.1, -0.05) is 0 Å². The van der Waals surface area contributed by atoms with Crippen LogP contribution in [0.3, 0.4) is 0 Å². The number of carbonyl (C=O) groups is 1. The van der Waals surface area contributed by atoms with Crippen LogP contribution >= 0.6 is 0 Å². The zero-order chi connectivity index (χ0) is 17.8. The van der Waals surface area contributed by atoms with Crippen molar-refractivity contribution in [1.82, 2.24) is 24.6 Å². The molecule has 1 aliphatic heterocycles. The van der Waals surface area contributed by atoms with Crippen molar-refractivity contribution in [2.24, 2.45) is 0 Å². The second-order valence-corrected chi connectivity index (χ2v) is 6.16. The lowest BCUT2D eigenvalue weighted by Crippen LogP contribution is -2.49. The highest BCUT2D eigenvalue weighted by atomic mass is 16.5. The smallest absolute Gasteiger partial charge is 0.272 e. The van der Waals surface area contributed by atoms with Gasteiger partial charge < -0.3 is 14.5 Å². The van der Waals surface area contributed by atoms with Gasteiger partial charge in [0, 0.05) is 50.7 Å². The normalized spacial score (nSPS) is 14.9. The van der Waals surface area contributed by atoms with Crippen LogP contribution in [-0.2, 0) is 0 Å². The molecule has 1 fully saturated rings. The molecule has 1 aliphatic rings. The fourth-order valence-corrected chi connectivity index (χ4v) is 2.88. The molecule has 25 heavy (non-hydrogen) atoms. The Bertz CT molecular complexity index is 721. The summed E-state index contributed by atoms with van der Waals surface area (Å²) in [6.45, 7) is 9.17. The molecule has 0 atom stereocenters. The number of carbonyl (C=O) groups excluding carboxylic acids is 1. The lowest BCUT2D eigenvalue weighted by molar-refractivity contribution is 0.0731. The van der Waals surface area contributed by atoms with Crippen LogP contribution in [0.2, 0.25) is 0 Å². The molecular formula is C17H24N6O2. The molecule has 0 radical (unpaired) electrons. The summed E-state index contributed by atoms with van der Waals surface area (Å²) in [5.74, 6) is 1.24. The quantitative estimate of drug-likeness (QED) is 0.820. The maximum Gasteiger partial charge on any atom is 0.272 e. The van der Waals surface area contributed by atoms with Crippen LogP contribution < -0.4 is 9.64 Å². The summed E-state index contributed by atoms with van der Waals surface area (Å²) >= 11 is 0. The standard InChI is InChI=1S/C17H24N6O2/c1-4-25-15-6-7-18-17(20-15)22-11-9-21(10-12-22)16(24)14-5-8-19-23(14)13(2)3/h5-8,13H,4,9-12H2,1-3H3. The number of anilines is 1. The number of rotatable bonds is 5. The summed E-state index contributed by atoms with van der Waals surface area (Å²) in [6, 6.07) is 3.69. The van der Waals surface area contributed by atoms with Gasteiger partial charge in [0.1, 0.15) is 5.69 Å². The third-order valence-electron chi connectivity index (χ3n) is 4.14. The van der Waals surface area contributed by atoms with Crippen LogP contribution in [0.1, 0.15) is 37.3 Å². The Labute approximate surface area is 147 Å². The first kappa shape index (κ1) is 17.2. The Morgan fingerprint density at radius 1 is 1.20 bits per heavy atom. The monoisotopic (exact) mass is 344 g/mol. The molecule has 1 saturated heterocycles. The number of aromatic nitrogens is 4. The van der Waals surface area contributed by atoms with Gasteiger partial charge in [0.25, 0.3) is 5.91 Å². The molecule has 0 bridgehead atoms. The van der Waals surface area contributed by atoms with Gasteiger partial charge in [0.05, 0.1) is 6.61 Å². The summed E-state index contributed by atoms with van der Waals surface area (Å²) in [7, 11) is 0. The van der Waals surface area contributed by atoms with E-state index in [0.717, 1.165) is 0 Å². The number of amides is 1. The lowest BCUT2D eigenvalue weighted by Gasteiger charge is -2.34. The van der Waals surface area contributed by atoms with Gasteiger partial charge in [-0.2, -0.15) is 10.1 Å². The Kier molecular flexibility index (Phi) is 5.16. The minimum Gasteiger partial charge on any atom is -0.478 e. The van der Waals surface area contributed by atoms with Crippen LogP contribution in [-0.4, -0.2) is 63.3 Å². The zero-order valence-electron chi connectivity index (χ0n) is 14.9. The number of hydrogen-bond donors (Lipinski definition) is 0. The summed E-state index contributed by atoms with van der Waals surface area (Å²) in [6.07, 6.45) is 3.38. The van der Waals surface area contributed by atoms with E-state index in [1.165, 1.54) is 0 Å². The summed E-state index contributed by atoms with van der Waals surface area (Å²) < 4.78 is 7.20. The Morgan fingerprint density at radius 2 is 1.96 bits per heavy atom. The topological polar surface area (TPSA) is 76.4 Å². The third kappa shape index (κ3) is 3.72. The molecular weight excluding hydrogens is 320 g/mol. The maximum absolute atomic E-state index is 12.8. The molecule has 0 aliphatic carbocycles. The number of piperazine rings is 1. The highest BCUT2D eigenvalue weighted by Crippen LogP contribution is 2.17. The average Bonchev–Trinajstić information content (AvgIpc) is 3.12. The molecule has 1 amide bonds. The van der Waals surface area contributed by atoms with E-state index in [9.17, 15) is 4.79 Å². The molecule has 3 heterocycles. The molecule has 2 aromatic heterocycles. The van der Waals surface area contributed by atoms with E-state index in [1.807, 2.05) is 25.7 Å². The minimum absolute atomic E-state index is 0.0230. The first-order chi connectivity index (χ1) is 12.1. The van der Waals surface area contributed by atoms with Crippen molar-refractivity contribution in [3.05, 3.63) is 30.2 Å². The predicted molar refractivity (Wildman–Crippen MR) is 93.9 cm³/mol. The number of nitrogens with zero attached hydrogens (tertiary/aromatic N) is 6. The van der Waals surface area contributed by atoms with Crippen LogP contribution in [0.25, 0.3) is 0 Å². The first-order valence-electron chi connectivity index (χ1n) is 8.63. The zero-order valence-corrected chi connectivity index (χ0v) is 14.9. The van der Waals surface area contributed by atoms with Crippen LogP contribution in [0.4, 0.5) is 5.95 Å². The molecule has 3 rings (SSSR count). The van der Waals surface area contributed by atoms with Crippen molar-refractivity contribution in [2.45, 2.75) is 26.8 Å². The third-order valence-corrected chi connectivity index (χ3v) is 4.14. The van der Waals surface area contributed by atoms with Crippen molar-refractivity contribution in [3.63, 3.8) is 0 Å². The van der Waals surface area contributed by atoms with E-state index in [2.05, 4.69) is 20.0 Å². The summed E-state index contributed by atoms with van der Waals surface area (Å²) in [5.41, 5.74) is 0.637. The highest BCUT2D eigenvalue weighted by molar-refractivity contribution is 5.92. The predicted octanol–water partition coefficient (Wildman–Crippen LogP) is 1.62. The SMILES string of the molecule is CCOc1ccnc(N2CCN(C(=O)c3ccnn3C(C)C)CC2)n1. The van der Waals surface area contributed by atoms with Gasteiger partial charge in [-0.3, -0.25) is 9.48 Å². The maximum atomic E-state index is 12.8. The summed E-state index contributed by atoms with van der Waals surface area (Å²) in [5, 5.41) is 4.25. The Hall–Kier alpha value is -2.64. The molecule has 8 heteroatoms. The van der Waals surface area contributed by atoms with Crippen molar-refractivity contribution in [3.8, 4) is 5.88 Å². The lowest BCUT2D eigenvalue weighted by atomic mass is 10.2. The summed E-state index contributed by atoms with van der Waals surface area (Å²) in [4.78, 5) is 25.4. The van der Waals surface area contributed by atoms with Crippen molar-refractivity contribution in [2.75, 3.05) is 37.7 Å². The van der Waals surface area contributed by atoms with Gasteiger partial charge in [-0.15, -0.1) is 0 Å². The van der Waals surface area contributed by atoms with E-state index >= 15 is 0 Å². The molecule has 0 spiro atoms. The molecule has 134 valence electrons. The van der Waals surface area contributed by atoms with E-state index in [4.69, 9.17) is 4.74 Å². The highest BCUT2D eigenvalue weighted by Gasteiger charge is 2.26. The van der Waals surface area contributed by atoms with Crippen LogP contribution in [0.5, 0.6) is 5.88 Å². The van der Waals surface area contributed by atoms with Gasteiger partial charge in [-0.25, -0.2) is 4.98 Å². The molecule has 0 unspecified atom stereocenters. The number of hydrogen-bond acceptors (Lipinski definition) is 6. The minimum atomic E-state index is 0.0230. The second-order valence-electron chi connectivity index (χ2n) is 6.16. The molecule has 0 N–H and O–H groups in total. The van der Waals surface area contributed by atoms with Crippen molar-refractivity contribution in [1.29, 1.82) is 0 Å². The Morgan fingerprint density at radius 3 is 2.64 bits per heavy atom. The molecule has 0 aromatic carbocycles. The molecule has 8 nitrogen and oxygen atoms in total. The van der Waals surface area contributed by atoms with Crippen LogP contribution in [0.15, 0.2) is 24.5 Å². The second kappa shape index (κ2) is 7.50. The van der Waals surface area contributed by atoms with Gasteiger partial charge in [-0.05, 0) is 26.8 Å². The van der Waals surface area contributed by atoms with E-state index in [0.29, 0.717) is 50.3 Å². The van der Waals surface area contributed by atoms with Gasteiger partial charge >= 0.3 is 0 Å². The average molecular weight is 344 g/mol. The molecule has 0 saturated carbocycles. The fraction of sp³-hybridized carbons (Fsp3) is 0.529. The number of ether oxygens (including phenoxy) is 1. The van der Waals surface area contributed by atoms with E-state index in [-0.39, 0.29) is 11.9 Å². The van der Waals surface area contributed by atoms with E-state index < -0.39 is 0 Å². The molecule has 2 aromatic rings. The first-order valence-corrected chi connectivity index (χ1v) is 8.63. The van der Waals surface area contributed by atoms with Crippen molar-refractivity contribution >= 4 is 11.9 Å². The van der Waals surface area contributed by atoms with Gasteiger partial charge in [0.2, 0.25) is 11.8 Å². The van der Waals surface area contributed by atoms with Crippen LogP contribution in [0, 0.1) is 0 Å². The van der Waals surface area contributed by atoms with Gasteiger partial charge in [0.15, 0.2) is 0 Å². The van der Waals surface area contributed by atoms with Crippen molar-refractivity contribution < 1.29 is 9.53 Å².